The molecule has 1 aromatic carbocycles. The summed E-state index contributed by atoms with van der Waals surface area (Å²) in [5.74, 6) is 0.877. The van der Waals surface area contributed by atoms with Gasteiger partial charge in [-0.1, -0.05) is 0 Å². The number of rotatable bonds is 6. The summed E-state index contributed by atoms with van der Waals surface area (Å²) in [6.45, 7) is 0.904. The summed E-state index contributed by atoms with van der Waals surface area (Å²) in [6, 6.07) is 7.82. The summed E-state index contributed by atoms with van der Waals surface area (Å²) in [5, 5.41) is 11.6. The molecule has 0 saturated carbocycles. The number of aliphatic hydroxyl groups excluding tert-OH is 1. The van der Waals surface area contributed by atoms with E-state index in [1.54, 1.807) is 0 Å². The first-order valence-corrected chi connectivity index (χ1v) is 4.88. The van der Waals surface area contributed by atoms with Crippen LogP contribution in [0.2, 0.25) is 0 Å². The SMILES string of the molecule is CNc1ccc(OCCCCO)cc1. The van der Waals surface area contributed by atoms with Crippen LogP contribution in [0.3, 0.4) is 0 Å². The summed E-state index contributed by atoms with van der Waals surface area (Å²) in [6.07, 6.45) is 1.69. The molecule has 0 heterocycles. The van der Waals surface area contributed by atoms with E-state index in [4.69, 9.17) is 9.84 Å². The molecule has 0 radical (unpaired) electrons. The standard InChI is InChI=1S/C11H17NO2/c1-12-10-4-6-11(7-5-10)14-9-3-2-8-13/h4-7,12-13H,2-3,8-9H2,1H3. The third-order valence-electron chi connectivity index (χ3n) is 1.96. The Bertz CT molecular complexity index is 246. The Hall–Kier alpha value is -1.22. The summed E-state index contributed by atoms with van der Waals surface area (Å²) in [4.78, 5) is 0. The number of hydrogen-bond acceptors (Lipinski definition) is 3. The van der Waals surface area contributed by atoms with E-state index < -0.39 is 0 Å². The number of aliphatic hydroxyl groups is 1. The Morgan fingerprint density at radius 3 is 2.50 bits per heavy atom. The molecule has 1 rings (SSSR count). The van der Waals surface area contributed by atoms with Crippen LogP contribution in [-0.2, 0) is 0 Å². The van der Waals surface area contributed by atoms with Crippen molar-refractivity contribution in [3.05, 3.63) is 24.3 Å². The highest BCUT2D eigenvalue weighted by molar-refractivity contribution is 5.45. The fourth-order valence-corrected chi connectivity index (χ4v) is 1.12. The summed E-state index contributed by atoms with van der Waals surface area (Å²) in [7, 11) is 1.89. The lowest BCUT2D eigenvalue weighted by Gasteiger charge is -2.06. The van der Waals surface area contributed by atoms with Gasteiger partial charge in [0.15, 0.2) is 0 Å². The lowest BCUT2D eigenvalue weighted by atomic mass is 10.3. The largest absolute Gasteiger partial charge is 0.494 e. The lowest BCUT2D eigenvalue weighted by molar-refractivity contribution is 0.253. The number of unbranched alkanes of at least 4 members (excludes halogenated alkanes) is 1. The molecule has 2 N–H and O–H groups in total. The zero-order valence-electron chi connectivity index (χ0n) is 8.49. The Labute approximate surface area is 84.7 Å². The van der Waals surface area contributed by atoms with E-state index in [0.29, 0.717) is 6.61 Å². The van der Waals surface area contributed by atoms with Crippen LogP contribution in [0.15, 0.2) is 24.3 Å². The molecular weight excluding hydrogens is 178 g/mol. The minimum absolute atomic E-state index is 0.238. The second kappa shape index (κ2) is 6.27. The molecule has 78 valence electrons. The molecule has 0 fully saturated rings. The Morgan fingerprint density at radius 1 is 1.21 bits per heavy atom. The van der Waals surface area contributed by atoms with Crippen LogP contribution >= 0.6 is 0 Å². The Kier molecular flexibility index (Phi) is 4.86. The molecule has 3 nitrogen and oxygen atoms in total. The highest BCUT2D eigenvalue weighted by Crippen LogP contribution is 2.15. The second-order valence-corrected chi connectivity index (χ2v) is 3.05. The minimum atomic E-state index is 0.238. The molecule has 0 aliphatic rings. The molecule has 1 aromatic rings. The third kappa shape index (κ3) is 3.66. The van der Waals surface area contributed by atoms with E-state index in [1.165, 1.54) is 0 Å². The van der Waals surface area contributed by atoms with Crippen LogP contribution in [0.5, 0.6) is 5.75 Å². The molecule has 0 aliphatic heterocycles. The average Bonchev–Trinajstić information content (AvgIpc) is 2.25. The molecule has 0 spiro atoms. The average molecular weight is 195 g/mol. The van der Waals surface area contributed by atoms with Gasteiger partial charge in [0.2, 0.25) is 0 Å². The molecule has 0 bridgehead atoms. The zero-order chi connectivity index (χ0) is 10.2. The van der Waals surface area contributed by atoms with Crippen molar-refractivity contribution >= 4 is 5.69 Å². The molecular formula is C11H17NO2. The first-order valence-electron chi connectivity index (χ1n) is 4.88. The molecule has 0 aromatic heterocycles. The monoisotopic (exact) mass is 195 g/mol. The van der Waals surface area contributed by atoms with E-state index in [-0.39, 0.29) is 6.61 Å². The molecule has 0 amide bonds. The highest BCUT2D eigenvalue weighted by atomic mass is 16.5. The normalized spacial score (nSPS) is 9.86. The number of nitrogens with one attached hydrogen (secondary N) is 1. The quantitative estimate of drug-likeness (QED) is 0.681. The number of benzene rings is 1. The molecule has 0 atom stereocenters. The Balaban J connectivity index is 2.29. The van der Waals surface area contributed by atoms with Crippen LogP contribution in [0.25, 0.3) is 0 Å². The van der Waals surface area contributed by atoms with Gasteiger partial charge < -0.3 is 15.2 Å². The smallest absolute Gasteiger partial charge is 0.119 e. The van der Waals surface area contributed by atoms with E-state index in [0.717, 1.165) is 24.3 Å². The molecule has 0 aliphatic carbocycles. The van der Waals surface area contributed by atoms with Crippen molar-refractivity contribution in [2.75, 3.05) is 25.6 Å². The Morgan fingerprint density at radius 2 is 1.93 bits per heavy atom. The van der Waals surface area contributed by atoms with E-state index in [9.17, 15) is 0 Å². The van der Waals surface area contributed by atoms with Crippen molar-refractivity contribution < 1.29 is 9.84 Å². The van der Waals surface area contributed by atoms with Crippen LogP contribution in [0.1, 0.15) is 12.8 Å². The lowest BCUT2D eigenvalue weighted by Crippen LogP contribution is -1.98. The van der Waals surface area contributed by atoms with Crippen molar-refractivity contribution in [1.82, 2.24) is 0 Å². The van der Waals surface area contributed by atoms with Crippen LogP contribution in [-0.4, -0.2) is 25.4 Å². The van der Waals surface area contributed by atoms with Crippen molar-refractivity contribution in [2.24, 2.45) is 0 Å². The molecule has 14 heavy (non-hydrogen) atoms. The van der Waals surface area contributed by atoms with Gasteiger partial charge in [-0.05, 0) is 37.1 Å². The number of ether oxygens (including phenoxy) is 1. The first-order chi connectivity index (χ1) is 6.86. The topological polar surface area (TPSA) is 41.5 Å². The highest BCUT2D eigenvalue weighted by Gasteiger charge is 1.93. The summed E-state index contributed by atoms with van der Waals surface area (Å²) in [5.41, 5.74) is 1.08. The van der Waals surface area contributed by atoms with Gasteiger partial charge in [0, 0.05) is 19.3 Å². The van der Waals surface area contributed by atoms with Gasteiger partial charge in [-0.25, -0.2) is 0 Å². The van der Waals surface area contributed by atoms with Gasteiger partial charge in [-0.3, -0.25) is 0 Å². The van der Waals surface area contributed by atoms with Crippen molar-refractivity contribution in [3.63, 3.8) is 0 Å². The van der Waals surface area contributed by atoms with Crippen LogP contribution in [0.4, 0.5) is 5.69 Å². The third-order valence-corrected chi connectivity index (χ3v) is 1.96. The summed E-state index contributed by atoms with van der Waals surface area (Å²) < 4.78 is 5.47. The van der Waals surface area contributed by atoms with Crippen LogP contribution < -0.4 is 10.1 Å². The summed E-state index contributed by atoms with van der Waals surface area (Å²) >= 11 is 0. The molecule has 3 heteroatoms. The predicted octanol–water partition coefficient (Wildman–Crippen LogP) is 1.88. The maximum Gasteiger partial charge on any atom is 0.119 e. The van der Waals surface area contributed by atoms with E-state index in [2.05, 4.69) is 5.32 Å². The number of anilines is 1. The van der Waals surface area contributed by atoms with E-state index in [1.807, 2.05) is 31.3 Å². The minimum Gasteiger partial charge on any atom is -0.494 e. The maximum atomic E-state index is 8.57. The van der Waals surface area contributed by atoms with Gasteiger partial charge in [0.05, 0.1) is 6.61 Å². The van der Waals surface area contributed by atoms with Gasteiger partial charge in [0.1, 0.15) is 5.75 Å². The van der Waals surface area contributed by atoms with Crippen LogP contribution in [0, 0.1) is 0 Å². The second-order valence-electron chi connectivity index (χ2n) is 3.05. The number of hydrogen-bond donors (Lipinski definition) is 2. The van der Waals surface area contributed by atoms with Gasteiger partial charge in [-0.2, -0.15) is 0 Å². The van der Waals surface area contributed by atoms with Crippen molar-refractivity contribution in [2.45, 2.75) is 12.8 Å². The van der Waals surface area contributed by atoms with Crippen molar-refractivity contribution in [3.8, 4) is 5.75 Å². The van der Waals surface area contributed by atoms with Crippen molar-refractivity contribution in [1.29, 1.82) is 0 Å². The fourth-order valence-electron chi connectivity index (χ4n) is 1.12. The van der Waals surface area contributed by atoms with Gasteiger partial charge in [0.25, 0.3) is 0 Å². The first kappa shape index (κ1) is 10.9. The predicted molar refractivity (Wildman–Crippen MR) is 57.8 cm³/mol. The zero-order valence-corrected chi connectivity index (χ0v) is 8.49. The molecule has 0 unspecified atom stereocenters. The van der Waals surface area contributed by atoms with E-state index >= 15 is 0 Å². The maximum absolute atomic E-state index is 8.57. The fraction of sp³-hybridized carbons (Fsp3) is 0.455. The molecule has 0 saturated heterocycles. The van der Waals surface area contributed by atoms with Gasteiger partial charge in [-0.15, -0.1) is 0 Å². The van der Waals surface area contributed by atoms with Gasteiger partial charge >= 0.3 is 0 Å².